The van der Waals surface area contributed by atoms with Gasteiger partial charge in [0.2, 0.25) is 0 Å². The van der Waals surface area contributed by atoms with Gasteiger partial charge >= 0.3 is 0 Å². The summed E-state index contributed by atoms with van der Waals surface area (Å²) in [6.07, 6.45) is 1.60. The maximum atomic E-state index is 12.0. The molecule has 18 heavy (non-hydrogen) atoms. The maximum absolute atomic E-state index is 12.0. The summed E-state index contributed by atoms with van der Waals surface area (Å²) in [6.45, 7) is 0.369. The van der Waals surface area contributed by atoms with Gasteiger partial charge in [0.15, 0.2) is 0 Å². The predicted molar refractivity (Wildman–Crippen MR) is 72.9 cm³/mol. The second-order valence-corrected chi connectivity index (χ2v) is 6.15. The van der Waals surface area contributed by atoms with Gasteiger partial charge in [0.25, 0.3) is 5.91 Å². The molecule has 0 fully saturated rings. The van der Waals surface area contributed by atoms with Crippen molar-refractivity contribution in [3.05, 3.63) is 22.2 Å². The van der Waals surface area contributed by atoms with E-state index in [2.05, 4.69) is 36.7 Å². The Labute approximate surface area is 114 Å². The van der Waals surface area contributed by atoms with Gasteiger partial charge in [-0.1, -0.05) is 15.9 Å². The van der Waals surface area contributed by atoms with Crippen molar-refractivity contribution in [1.29, 1.82) is 0 Å². The molecule has 0 aliphatic rings. The Hall–Kier alpha value is -1.28. The molecule has 0 radical (unpaired) electrons. The van der Waals surface area contributed by atoms with Gasteiger partial charge in [-0.15, -0.1) is 0 Å². The molecule has 2 aromatic rings. The molecule has 0 spiro atoms. The molecule has 1 atom stereocenters. The van der Waals surface area contributed by atoms with Gasteiger partial charge < -0.3 is 5.32 Å². The quantitative estimate of drug-likeness (QED) is 0.869. The molecule has 2 rings (SSSR count). The molecule has 6 nitrogen and oxygen atoms in total. The average molecular weight is 331 g/mol. The van der Waals surface area contributed by atoms with Crippen LogP contribution in [0, 0.1) is 0 Å². The SMILES string of the molecule is CS(=O)CCNC(=O)c1cc(Br)cc2n[nH]nc12. The first-order chi connectivity index (χ1) is 8.58. The topological polar surface area (TPSA) is 87.7 Å². The number of nitrogens with one attached hydrogen (secondary N) is 2. The van der Waals surface area contributed by atoms with E-state index in [9.17, 15) is 9.00 Å². The molecule has 1 aromatic carbocycles. The van der Waals surface area contributed by atoms with E-state index in [4.69, 9.17) is 0 Å². The Morgan fingerprint density at radius 2 is 2.28 bits per heavy atom. The number of benzene rings is 1. The van der Waals surface area contributed by atoms with Crippen molar-refractivity contribution in [1.82, 2.24) is 20.7 Å². The molecular weight excluding hydrogens is 320 g/mol. The molecule has 1 aromatic heterocycles. The summed E-state index contributed by atoms with van der Waals surface area (Å²) in [5, 5.41) is 13.1. The Balaban J connectivity index is 2.21. The van der Waals surface area contributed by atoms with Crippen LogP contribution in [0.25, 0.3) is 11.0 Å². The zero-order chi connectivity index (χ0) is 13.1. The standard InChI is InChI=1S/C10H11BrN4O2S/c1-18(17)3-2-12-10(16)7-4-6(11)5-8-9(7)14-15-13-8/h4-5H,2-3H2,1H3,(H,12,16)(H,13,14,15). The van der Waals surface area contributed by atoms with Crippen LogP contribution in [0.1, 0.15) is 10.4 Å². The molecule has 96 valence electrons. The highest BCUT2D eigenvalue weighted by Gasteiger charge is 2.13. The molecule has 1 heterocycles. The van der Waals surface area contributed by atoms with Crippen LogP contribution < -0.4 is 5.32 Å². The molecule has 1 unspecified atom stereocenters. The fraction of sp³-hybridized carbons (Fsp3) is 0.300. The Kier molecular flexibility index (Phi) is 4.07. The molecular formula is C10H11BrN4O2S. The first kappa shape index (κ1) is 13.2. The van der Waals surface area contributed by atoms with Crippen molar-refractivity contribution in [2.24, 2.45) is 0 Å². The lowest BCUT2D eigenvalue weighted by Gasteiger charge is -2.04. The Morgan fingerprint density at radius 1 is 1.50 bits per heavy atom. The third-order valence-corrected chi connectivity index (χ3v) is 3.54. The van der Waals surface area contributed by atoms with Crippen molar-refractivity contribution in [3.63, 3.8) is 0 Å². The lowest BCUT2D eigenvalue weighted by atomic mass is 10.1. The third-order valence-electron chi connectivity index (χ3n) is 2.31. The van der Waals surface area contributed by atoms with Crippen molar-refractivity contribution in [2.75, 3.05) is 18.6 Å². The number of halogens is 1. The number of aromatic nitrogens is 3. The van der Waals surface area contributed by atoms with Crippen LogP contribution in [-0.2, 0) is 10.8 Å². The summed E-state index contributed by atoms with van der Waals surface area (Å²) >= 11 is 3.32. The van der Waals surface area contributed by atoms with Gasteiger partial charge in [-0.3, -0.25) is 9.00 Å². The first-order valence-electron chi connectivity index (χ1n) is 5.16. The minimum Gasteiger partial charge on any atom is -0.351 e. The molecule has 0 saturated carbocycles. The predicted octanol–water partition coefficient (Wildman–Crippen LogP) is 0.829. The summed E-state index contributed by atoms with van der Waals surface area (Å²) in [5.74, 6) is 0.183. The zero-order valence-corrected chi connectivity index (χ0v) is 12.0. The van der Waals surface area contributed by atoms with Crippen molar-refractivity contribution >= 4 is 43.7 Å². The van der Waals surface area contributed by atoms with Crippen molar-refractivity contribution in [2.45, 2.75) is 0 Å². The molecule has 1 amide bonds. The number of hydrogen-bond acceptors (Lipinski definition) is 4. The molecule has 0 aliphatic carbocycles. The minimum absolute atomic E-state index is 0.249. The van der Waals surface area contributed by atoms with Gasteiger partial charge in [-0.05, 0) is 12.1 Å². The van der Waals surface area contributed by atoms with Gasteiger partial charge in [0.05, 0.1) is 5.56 Å². The number of fused-ring (bicyclic) bond motifs is 1. The number of nitrogens with zero attached hydrogens (tertiary/aromatic N) is 2. The molecule has 0 saturated heterocycles. The summed E-state index contributed by atoms with van der Waals surface area (Å²) in [6, 6.07) is 3.46. The number of H-pyrrole nitrogens is 1. The van der Waals surface area contributed by atoms with E-state index in [1.807, 2.05) is 0 Å². The van der Waals surface area contributed by atoms with Crippen LogP contribution in [0.2, 0.25) is 0 Å². The molecule has 0 bridgehead atoms. The minimum atomic E-state index is -0.920. The summed E-state index contributed by atoms with van der Waals surface area (Å²) in [5.41, 5.74) is 1.58. The lowest BCUT2D eigenvalue weighted by molar-refractivity contribution is 0.0957. The molecule has 2 N–H and O–H groups in total. The second kappa shape index (κ2) is 5.57. The smallest absolute Gasteiger partial charge is 0.253 e. The van der Waals surface area contributed by atoms with Crippen LogP contribution in [0.5, 0.6) is 0 Å². The average Bonchev–Trinajstić information content (AvgIpc) is 2.74. The van der Waals surface area contributed by atoms with E-state index in [0.29, 0.717) is 28.9 Å². The van der Waals surface area contributed by atoms with E-state index in [1.165, 1.54) is 0 Å². The van der Waals surface area contributed by atoms with Gasteiger partial charge in [-0.25, -0.2) is 0 Å². The largest absolute Gasteiger partial charge is 0.351 e. The van der Waals surface area contributed by atoms with Crippen molar-refractivity contribution < 1.29 is 9.00 Å². The first-order valence-corrected chi connectivity index (χ1v) is 7.68. The summed E-state index contributed by atoms with van der Waals surface area (Å²) in [7, 11) is -0.920. The second-order valence-electron chi connectivity index (χ2n) is 3.68. The third kappa shape index (κ3) is 2.94. The summed E-state index contributed by atoms with van der Waals surface area (Å²) in [4.78, 5) is 12.0. The number of carbonyl (C=O) groups is 1. The number of amides is 1. The number of aromatic amines is 1. The highest BCUT2D eigenvalue weighted by molar-refractivity contribution is 9.10. The van der Waals surface area contributed by atoms with E-state index in [0.717, 1.165) is 4.47 Å². The van der Waals surface area contributed by atoms with Crippen molar-refractivity contribution in [3.8, 4) is 0 Å². The fourth-order valence-electron chi connectivity index (χ4n) is 1.49. The van der Waals surface area contributed by atoms with Gasteiger partial charge in [0.1, 0.15) is 11.0 Å². The van der Waals surface area contributed by atoms with E-state index >= 15 is 0 Å². The van der Waals surface area contributed by atoms with Gasteiger partial charge in [0, 0.05) is 33.8 Å². The molecule has 0 aliphatic heterocycles. The van der Waals surface area contributed by atoms with E-state index in [1.54, 1.807) is 18.4 Å². The maximum Gasteiger partial charge on any atom is 0.253 e. The van der Waals surface area contributed by atoms with Gasteiger partial charge in [-0.2, -0.15) is 15.4 Å². The normalized spacial score (nSPS) is 12.6. The highest BCUT2D eigenvalue weighted by Crippen LogP contribution is 2.20. The van der Waals surface area contributed by atoms with Crippen LogP contribution in [0.3, 0.4) is 0 Å². The Bertz CT molecular complexity index is 613. The number of hydrogen-bond donors (Lipinski definition) is 2. The van der Waals surface area contributed by atoms with Crippen LogP contribution in [-0.4, -0.2) is 44.1 Å². The Morgan fingerprint density at radius 3 is 3.00 bits per heavy atom. The molecule has 8 heteroatoms. The zero-order valence-electron chi connectivity index (χ0n) is 9.57. The fourth-order valence-corrected chi connectivity index (χ4v) is 2.33. The van der Waals surface area contributed by atoms with Crippen LogP contribution in [0.15, 0.2) is 16.6 Å². The lowest BCUT2D eigenvalue weighted by Crippen LogP contribution is -2.27. The number of rotatable bonds is 4. The van der Waals surface area contributed by atoms with E-state index < -0.39 is 10.8 Å². The van der Waals surface area contributed by atoms with Crippen LogP contribution in [0.4, 0.5) is 0 Å². The monoisotopic (exact) mass is 330 g/mol. The highest BCUT2D eigenvalue weighted by atomic mass is 79.9. The number of carbonyl (C=O) groups excluding carboxylic acids is 1. The summed E-state index contributed by atoms with van der Waals surface area (Å²) < 4.78 is 11.7. The van der Waals surface area contributed by atoms with E-state index in [-0.39, 0.29) is 5.91 Å². The van der Waals surface area contributed by atoms with Crippen LogP contribution >= 0.6 is 15.9 Å².